The van der Waals surface area contributed by atoms with Crippen LogP contribution in [0.5, 0.6) is 0 Å². The molecule has 1 heterocycles. The Morgan fingerprint density at radius 1 is 1.07 bits per heavy atom. The van der Waals surface area contributed by atoms with Crippen molar-refractivity contribution in [3.05, 3.63) is 0 Å². The molecular formula is C10H17BF3O-. The Hall–Kier alpha value is -0.185. The van der Waals surface area contributed by atoms with Crippen molar-refractivity contribution in [2.75, 3.05) is 6.61 Å². The predicted octanol–water partition coefficient (Wildman–Crippen LogP) is 3.72. The quantitative estimate of drug-likeness (QED) is 0.613. The molecule has 1 saturated heterocycles. The summed E-state index contributed by atoms with van der Waals surface area (Å²) in [6, 6.07) is 0. The summed E-state index contributed by atoms with van der Waals surface area (Å²) in [7, 11) is 0. The Morgan fingerprint density at radius 2 is 1.73 bits per heavy atom. The van der Waals surface area contributed by atoms with Crippen molar-refractivity contribution >= 4 is 6.98 Å². The fourth-order valence-corrected chi connectivity index (χ4v) is 2.93. The van der Waals surface area contributed by atoms with E-state index in [4.69, 9.17) is 4.74 Å². The number of ether oxygens (including phenoxy) is 1. The van der Waals surface area contributed by atoms with E-state index in [0.717, 1.165) is 32.1 Å². The summed E-state index contributed by atoms with van der Waals surface area (Å²) in [6.45, 7) is -4.37. The molecule has 2 aliphatic rings. The molecule has 0 radical (unpaired) electrons. The number of hydrogen-bond donors (Lipinski definition) is 0. The van der Waals surface area contributed by atoms with Gasteiger partial charge in [0.05, 0.1) is 5.60 Å². The third-order valence-corrected chi connectivity index (χ3v) is 3.83. The van der Waals surface area contributed by atoms with Crippen LogP contribution in [0.1, 0.15) is 44.9 Å². The molecule has 1 aliphatic carbocycles. The van der Waals surface area contributed by atoms with Crippen LogP contribution in [-0.4, -0.2) is 19.2 Å². The van der Waals surface area contributed by atoms with E-state index in [0.29, 0.717) is 6.61 Å². The lowest BCUT2D eigenvalue weighted by molar-refractivity contribution is -0.102. The molecule has 1 aliphatic heterocycles. The van der Waals surface area contributed by atoms with E-state index in [1.807, 2.05) is 0 Å². The lowest BCUT2D eigenvalue weighted by Crippen LogP contribution is -2.44. The van der Waals surface area contributed by atoms with Gasteiger partial charge in [-0.1, -0.05) is 31.5 Å². The predicted molar refractivity (Wildman–Crippen MR) is 53.8 cm³/mol. The highest BCUT2D eigenvalue weighted by molar-refractivity contribution is 6.60. The van der Waals surface area contributed by atoms with Crippen LogP contribution in [0.4, 0.5) is 12.9 Å². The molecule has 88 valence electrons. The third kappa shape index (κ3) is 2.49. The standard InChI is InChI=1S/C10H17BF3O/c12-11(13,14)9-4-7-15-10(8-9)5-2-1-3-6-10/h9H,1-8H2/q-1. The number of hydrogen-bond acceptors (Lipinski definition) is 1. The fourth-order valence-electron chi connectivity index (χ4n) is 2.93. The maximum absolute atomic E-state index is 12.7. The van der Waals surface area contributed by atoms with Crippen LogP contribution < -0.4 is 0 Å². The fraction of sp³-hybridized carbons (Fsp3) is 1.00. The molecule has 0 aromatic carbocycles. The molecule has 15 heavy (non-hydrogen) atoms. The van der Waals surface area contributed by atoms with Gasteiger partial charge < -0.3 is 17.7 Å². The summed E-state index contributed by atoms with van der Waals surface area (Å²) < 4.78 is 43.7. The van der Waals surface area contributed by atoms with Gasteiger partial charge in [-0.15, -0.1) is 0 Å². The van der Waals surface area contributed by atoms with Crippen LogP contribution in [0.15, 0.2) is 0 Å². The molecule has 5 heteroatoms. The van der Waals surface area contributed by atoms with Gasteiger partial charge in [-0.25, -0.2) is 0 Å². The summed E-state index contributed by atoms with van der Waals surface area (Å²) in [6.07, 6.45) is 5.25. The van der Waals surface area contributed by atoms with Crippen molar-refractivity contribution in [2.24, 2.45) is 0 Å². The first kappa shape index (κ1) is 11.3. The molecule has 0 aromatic rings. The Kier molecular flexibility index (Phi) is 3.01. The van der Waals surface area contributed by atoms with E-state index in [9.17, 15) is 12.9 Å². The molecule has 1 saturated carbocycles. The zero-order valence-electron chi connectivity index (χ0n) is 8.85. The largest absolute Gasteiger partial charge is 0.481 e. The lowest BCUT2D eigenvalue weighted by Gasteiger charge is -2.46. The smallest absolute Gasteiger partial charge is 0.449 e. The summed E-state index contributed by atoms with van der Waals surface area (Å²) in [4.78, 5) is 0. The van der Waals surface area contributed by atoms with Crippen molar-refractivity contribution in [2.45, 2.75) is 56.4 Å². The van der Waals surface area contributed by atoms with Gasteiger partial charge in [-0.3, -0.25) is 0 Å². The highest BCUT2D eigenvalue weighted by Gasteiger charge is 2.45. The van der Waals surface area contributed by atoms with Crippen LogP contribution >= 0.6 is 0 Å². The van der Waals surface area contributed by atoms with E-state index < -0.39 is 18.4 Å². The molecule has 1 nitrogen and oxygen atoms in total. The van der Waals surface area contributed by atoms with Crippen molar-refractivity contribution in [1.29, 1.82) is 0 Å². The highest BCUT2D eigenvalue weighted by Crippen LogP contribution is 2.47. The zero-order valence-corrected chi connectivity index (χ0v) is 8.85. The minimum atomic E-state index is -4.67. The van der Waals surface area contributed by atoms with E-state index >= 15 is 0 Å². The van der Waals surface area contributed by atoms with Gasteiger partial charge in [-0.05, 0) is 19.3 Å². The van der Waals surface area contributed by atoms with Crippen LogP contribution in [0, 0.1) is 0 Å². The Bertz CT molecular complexity index is 218. The molecular weight excluding hydrogens is 204 g/mol. The number of rotatable bonds is 1. The summed E-state index contributed by atoms with van der Waals surface area (Å²) in [5.41, 5.74) is -0.418. The maximum Gasteiger partial charge on any atom is 0.481 e. The molecule has 0 aromatic heterocycles. The zero-order chi connectivity index (χ0) is 10.9. The maximum atomic E-state index is 12.7. The molecule has 1 spiro atoms. The molecule has 1 unspecified atom stereocenters. The van der Waals surface area contributed by atoms with Gasteiger partial charge in [0.25, 0.3) is 0 Å². The van der Waals surface area contributed by atoms with Crippen molar-refractivity contribution in [1.82, 2.24) is 0 Å². The van der Waals surface area contributed by atoms with Crippen LogP contribution in [-0.2, 0) is 4.74 Å². The lowest BCUT2D eigenvalue weighted by atomic mass is 9.62. The van der Waals surface area contributed by atoms with Crippen LogP contribution in [0.3, 0.4) is 0 Å². The molecule has 1 atom stereocenters. The molecule has 0 N–H and O–H groups in total. The van der Waals surface area contributed by atoms with Crippen molar-refractivity contribution in [3.63, 3.8) is 0 Å². The van der Waals surface area contributed by atoms with Gasteiger partial charge in [0.2, 0.25) is 0 Å². The van der Waals surface area contributed by atoms with Crippen molar-refractivity contribution in [3.8, 4) is 0 Å². The van der Waals surface area contributed by atoms with E-state index in [2.05, 4.69) is 0 Å². The van der Waals surface area contributed by atoms with Gasteiger partial charge in [-0.2, -0.15) is 0 Å². The normalized spacial score (nSPS) is 31.8. The summed E-state index contributed by atoms with van der Waals surface area (Å²) in [5, 5.41) is 0. The van der Waals surface area contributed by atoms with Gasteiger partial charge >= 0.3 is 6.98 Å². The number of halogens is 3. The topological polar surface area (TPSA) is 9.23 Å². The first-order chi connectivity index (χ1) is 7.02. The third-order valence-electron chi connectivity index (χ3n) is 3.83. The van der Waals surface area contributed by atoms with Crippen LogP contribution in [0.2, 0.25) is 5.82 Å². The van der Waals surface area contributed by atoms with Gasteiger partial charge in [0.1, 0.15) is 0 Å². The molecule has 0 amide bonds. The van der Waals surface area contributed by atoms with Crippen LogP contribution in [0.25, 0.3) is 0 Å². The second-order valence-corrected chi connectivity index (χ2v) is 4.97. The monoisotopic (exact) mass is 221 g/mol. The first-order valence-corrected chi connectivity index (χ1v) is 5.86. The molecule has 2 rings (SSSR count). The Labute approximate surface area is 88.4 Å². The minimum absolute atomic E-state index is 0.172. The Morgan fingerprint density at radius 3 is 2.33 bits per heavy atom. The van der Waals surface area contributed by atoms with E-state index in [1.165, 1.54) is 0 Å². The summed E-state index contributed by atoms with van der Waals surface area (Å²) in [5.74, 6) is -1.07. The average Bonchev–Trinajstić information content (AvgIpc) is 2.18. The van der Waals surface area contributed by atoms with Gasteiger partial charge in [0.15, 0.2) is 0 Å². The van der Waals surface area contributed by atoms with E-state index in [1.54, 1.807) is 0 Å². The highest BCUT2D eigenvalue weighted by atomic mass is 19.4. The SMILES string of the molecule is F[B-](F)(F)C1CCOC2(CCCCC2)C1. The molecule has 2 fully saturated rings. The second kappa shape index (κ2) is 4.00. The Balaban J connectivity index is 2.02. The first-order valence-electron chi connectivity index (χ1n) is 5.86. The molecule has 0 bridgehead atoms. The minimum Gasteiger partial charge on any atom is -0.449 e. The second-order valence-electron chi connectivity index (χ2n) is 4.97. The van der Waals surface area contributed by atoms with E-state index in [-0.39, 0.29) is 12.8 Å². The average molecular weight is 221 g/mol. The van der Waals surface area contributed by atoms with Crippen molar-refractivity contribution < 1.29 is 17.7 Å². The summed E-state index contributed by atoms with van der Waals surface area (Å²) >= 11 is 0. The van der Waals surface area contributed by atoms with Gasteiger partial charge in [0, 0.05) is 6.61 Å².